The zero-order chi connectivity index (χ0) is 11.1. The van der Waals surface area contributed by atoms with E-state index < -0.39 is 0 Å². The van der Waals surface area contributed by atoms with E-state index in [1.807, 2.05) is 19.2 Å². The fourth-order valence-corrected chi connectivity index (χ4v) is 1.56. The Morgan fingerprint density at radius 2 is 2.20 bits per heavy atom. The van der Waals surface area contributed by atoms with E-state index in [1.54, 1.807) is 6.20 Å². The Bertz CT molecular complexity index is 294. The van der Waals surface area contributed by atoms with Crippen LogP contribution in [0.25, 0.3) is 0 Å². The normalized spacial score (nSPS) is 10.3. The van der Waals surface area contributed by atoms with E-state index in [9.17, 15) is 0 Å². The van der Waals surface area contributed by atoms with Crippen molar-refractivity contribution < 1.29 is 5.11 Å². The van der Waals surface area contributed by atoms with Crippen LogP contribution in [0.1, 0.15) is 19.3 Å². The lowest BCUT2D eigenvalue weighted by Crippen LogP contribution is -2.18. The van der Waals surface area contributed by atoms with Gasteiger partial charge in [0.2, 0.25) is 0 Å². The van der Waals surface area contributed by atoms with E-state index in [2.05, 4.69) is 9.88 Å². The second-order valence-electron chi connectivity index (χ2n) is 3.54. The number of hydrogen-bond donors (Lipinski definition) is 1. The van der Waals surface area contributed by atoms with E-state index in [1.165, 1.54) is 0 Å². The van der Waals surface area contributed by atoms with E-state index in [4.69, 9.17) is 16.7 Å². The molecule has 1 aromatic rings. The van der Waals surface area contributed by atoms with Crippen LogP contribution in [0.2, 0.25) is 5.15 Å². The third-order valence-electron chi connectivity index (χ3n) is 2.30. The topological polar surface area (TPSA) is 36.4 Å². The van der Waals surface area contributed by atoms with Gasteiger partial charge in [-0.3, -0.25) is 0 Å². The van der Waals surface area contributed by atoms with Crippen molar-refractivity contribution in [1.82, 2.24) is 4.98 Å². The SMILES string of the molecule is CN(CCCCCO)c1ccnc(Cl)c1. The molecule has 0 aromatic carbocycles. The number of aromatic nitrogens is 1. The second kappa shape index (κ2) is 6.64. The van der Waals surface area contributed by atoms with Gasteiger partial charge in [-0.25, -0.2) is 4.98 Å². The van der Waals surface area contributed by atoms with Crippen LogP contribution in [0.15, 0.2) is 18.3 Å². The number of hydrogen-bond acceptors (Lipinski definition) is 3. The van der Waals surface area contributed by atoms with Gasteiger partial charge in [-0.05, 0) is 31.4 Å². The first-order valence-corrected chi connectivity index (χ1v) is 5.55. The zero-order valence-corrected chi connectivity index (χ0v) is 9.74. The van der Waals surface area contributed by atoms with Crippen LogP contribution < -0.4 is 4.90 Å². The van der Waals surface area contributed by atoms with Crippen molar-refractivity contribution in [3.8, 4) is 0 Å². The summed E-state index contributed by atoms with van der Waals surface area (Å²) in [5.74, 6) is 0. The molecule has 1 heterocycles. The summed E-state index contributed by atoms with van der Waals surface area (Å²) in [7, 11) is 2.03. The molecular formula is C11H17ClN2O. The third kappa shape index (κ3) is 4.49. The number of anilines is 1. The number of pyridine rings is 1. The van der Waals surface area contributed by atoms with Crippen molar-refractivity contribution in [2.75, 3.05) is 25.1 Å². The molecule has 0 saturated heterocycles. The molecule has 0 aliphatic heterocycles. The third-order valence-corrected chi connectivity index (χ3v) is 2.51. The van der Waals surface area contributed by atoms with Gasteiger partial charge < -0.3 is 10.0 Å². The highest BCUT2D eigenvalue weighted by molar-refractivity contribution is 6.29. The second-order valence-corrected chi connectivity index (χ2v) is 3.93. The molecule has 84 valence electrons. The van der Waals surface area contributed by atoms with Crippen LogP contribution in [0.4, 0.5) is 5.69 Å². The molecule has 0 radical (unpaired) electrons. The summed E-state index contributed by atoms with van der Waals surface area (Å²) in [6.45, 7) is 1.26. The molecule has 0 spiro atoms. The molecule has 0 amide bonds. The summed E-state index contributed by atoms with van der Waals surface area (Å²) in [6.07, 6.45) is 4.73. The minimum absolute atomic E-state index is 0.283. The lowest BCUT2D eigenvalue weighted by Gasteiger charge is -2.18. The van der Waals surface area contributed by atoms with Gasteiger partial charge in [0.1, 0.15) is 5.15 Å². The summed E-state index contributed by atoms with van der Waals surface area (Å²) >= 11 is 5.80. The number of aliphatic hydroxyl groups is 1. The summed E-state index contributed by atoms with van der Waals surface area (Å²) in [5.41, 5.74) is 1.08. The Balaban J connectivity index is 2.36. The molecule has 1 rings (SSSR count). The van der Waals surface area contributed by atoms with Crippen LogP contribution >= 0.6 is 11.6 Å². The van der Waals surface area contributed by atoms with Crippen molar-refractivity contribution >= 4 is 17.3 Å². The maximum atomic E-state index is 8.65. The van der Waals surface area contributed by atoms with Crippen molar-refractivity contribution in [2.24, 2.45) is 0 Å². The lowest BCUT2D eigenvalue weighted by atomic mass is 10.2. The Labute approximate surface area is 95.7 Å². The van der Waals surface area contributed by atoms with E-state index in [0.717, 1.165) is 31.5 Å². The quantitative estimate of drug-likeness (QED) is 0.600. The predicted molar refractivity (Wildman–Crippen MR) is 63.5 cm³/mol. The van der Waals surface area contributed by atoms with Gasteiger partial charge in [0.25, 0.3) is 0 Å². The Kier molecular flexibility index (Phi) is 5.43. The molecule has 0 saturated carbocycles. The van der Waals surface area contributed by atoms with Gasteiger partial charge in [-0.2, -0.15) is 0 Å². The molecule has 1 aromatic heterocycles. The first kappa shape index (κ1) is 12.3. The van der Waals surface area contributed by atoms with Gasteiger partial charge in [-0.15, -0.1) is 0 Å². The lowest BCUT2D eigenvalue weighted by molar-refractivity contribution is 0.283. The molecular weight excluding hydrogens is 212 g/mol. The number of aliphatic hydroxyl groups excluding tert-OH is 1. The van der Waals surface area contributed by atoms with E-state index in [-0.39, 0.29) is 6.61 Å². The van der Waals surface area contributed by atoms with Gasteiger partial charge in [0.15, 0.2) is 0 Å². The molecule has 0 atom stereocenters. The minimum Gasteiger partial charge on any atom is -0.396 e. The van der Waals surface area contributed by atoms with Crippen molar-refractivity contribution in [1.29, 1.82) is 0 Å². The number of halogens is 1. The Morgan fingerprint density at radius 1 is 1.40 bits per heavy atom. The van der Waals surface area contributed by atoms with Crippen LogP contribution in [0, 0.1) is 0 Å². The number of unbranched alkanes of at least 4 members (excludes halogenated alkanes) is 2. The highest BCUT2D eigenvalue weighted by Crippen LogP contribution is 2.16. The molecule has 3 nitrogen and oxygen atoms in total. The zero-order valence-electron chi connectivity index (χ0n) is 8.99. The standard InChI is InChI=1S/C11H17ClN2O/c1-14(7-3-2-4-8-15)10-5-6-13-11(12)9-10/h5-6,9,15H,2-4,7-8H2,1H3. The van der Waals surface area contributed by atoms with Crippen LogP contribution in [0.5, 0.6) is 0 Å². The van der Waals surface area contributed by atoms with Gasteiger partial charge in [-0.1, -0.05) is 11.6 Å². The van der Waals surface area contributed by atoms with E-state index >= 15 is 0 Å². The van der Waals surface area contributed by atoms with Crippen molar-refractivity contribution in [3.63, 3.8) is 0 Å². The monoisotopic (exact) mass is 228 g/mol. The van der Waals surface area contributed by atoms with Gasteiger partial charge in [0.05, 0.1) is 0 Å². The first-order valence-electron chi connectivity index (χ1n) is 5.17. The average Bonchev–Trinajstić information content (AvgIpc) is 2.24. The maximum absolute atomic E-state index is 8.65. The molecule has 0 bridgehead atoms. The fourth-order valence-electron chi connectivity index (χ4n) is 1.40. The molecule has 0 fully saturated rings. The maximum Gasteiger partial charge on any atom is 0.131 e. The highest BCUT2D eigenvalue weighted by atomic mass is 35.5. The summed E-state index contributed by atoms with van der Waals surface area (Å²) in [6, 6.07) is 3.80. The molecule has 1 N–H and O–H groups in total. The van der Waals surface area contributed by atoms with Gasteiger partial charge in [0, 0.05) is 32.1 Å². The van der Waals surface area contributed by atoms with Crippen molar-refractivity contribution in [3.05, 3.63) is 23.5 Å². The van der Waals surface area contributed by atoms with Crippen LogP contribution in [-0.4, -0.2) is 30.3 Å². The molecule has 0 aliphatic rings. The Morgan fingerprint density at radius 3 is 2.87 bits per heavy atom. The summed E-state index contributed by atoms with van der Waals surface area (Å²) in [5, 5.41) is 9.17. The van der Waals surface area contributed by atoms with E-state index in [0.29, 0.717) is 5.15 Å². The molecule has 0 unspecified atom stereocenters. The predicted octanol–water partition coefficient (Wildman–Crippen LogP) is 2.33. The molecule has 15 heavy (non-hydrogen) atoms. The summed E-state index contributed by atoms with van der Waals surface area (Å²) < 4.78 is 0. The number of nitrogens with zero attached hydrogens (tertiary/aromatic N) is 2. The summed E-state index contributed by atoms with van der Waals surface area (Å²) in [4.78, 5) is 6.08. The van der Waals surface area contributed by atoms with Gasteiger partial charge >= 0.3 is 0 Å². The Hall–Kier alpha value is -0.800. The molecule has 4 heteroatoms. The highest BCUT2D eigenvalue weighted by Gasteiger charge is 2.01. The van der Waals surface area contributed by atoms with Crippen LogP contribution in [0.3, 0.4) is 0 Å². The first-order chi connectivity index (χ1) is 7.24. The van der Waals surface area contributed by atoms with Crippen molar-refractivity contribution in [2.45, 2.75) is 19.3 Å². The average molecular weight is 229 g/mol. The largest absolute Gasteiger partial charge is 0.396 e. The minimum atomic E-state index is 0.283. The molecule has 0 aliphatic carbocycles. The fraction of sp³-hybridized carbons (Fsp3) is 0.545. The van der Waals surface area contributed by atoms with Crippen LogP contribution in [-0.2, 0) is 0 Å². The smallest absolute Gasteiger partial charge is 0.131 e. The number of rotatable bonds is 6.